The van der Waals surface area contributed by atoms with E-state index >= 15 is 0 Å². The third-order valence-electron chi connectivity index (χ3n) is 4.80. The number of aromatic nitrogens is 5. The maximum Gasteiger partial charge on any atom is 0.231 e. The number of anilines is 2. The highest BCUT2D eigenvalue weighted by Gasteiger charge is 2.35. The average Bonchev–Trinajstić information content (AvgIpc) is 3.10. The Morgan fingerprint density at radius 2 is 2.07 bits per heavy atom. The van der Waals surface area contributed by atoms with Gasteiger partial charge in [0.15, 0.2) is 17.0 Å². The fraction of sp³-hybridized carbons (Fsp3) is 0.389. The molecule has 0 atom stereocenters. The number of carbonyl (C=O) groups is 1. The smallest absolute Gasteiger partial charge is 0.231 e. The monoisotopic (exact) mass is 383 g/mol. The Morgan fingerprint density at radius 1 is 1.25 bits per heavy atom. The highest BCUT2D eigenvalue weighted by Crippen LogP contribution is 2.31. The molecule has 0 radical (unpaired) electrons. The quantitative estimate of drug-likeness (QED) is 0.679. The molecule has 1 amide bonds. The van der Waals surface area contributed by atoms with Crippen LogP contribution in [0.25, 0.3) is 11.2 Å². The lowest BCUT2D eigenvalue weighted by molar-refractivity contribution is -0.120. The van der Waals surface area contributed by atoms with Gasteiger partial charge in [-0.05, 0) is 19.1 Å². The Bertz CT molecular complexity index is 1010. The number of aryl methyl sites for hydroxylation is 1. The molecule has 146 valence electrons. The van der Waals surface area contributed by atoms with E-state index in [1.54, 1.807) is 37.1 Å². The number of nitrogens with one attached hydrogen (secondary N) is 1. The lowest BCUT2D eigenvalue weighted by Gasteiger charge is -2.38. The van der Waals surface area contributed by atoms with E-state index in [9.17, 15) is 4.79 Å². The van der Waals surface area contributed by atoms with Gasteiger partial charge in [0.2, 0.25) is 5.91 Å². The topological polar surface area (TPSA) is 107 Å². The minimum absolute atomic E-state index is 0.0784. The van der Waals surface area contributed by atoms with E-state index in [1.165, 1.54) is 6.33 Å². The van der Waals surface area contributed by atoms with Gasteiger partial charge >= 0.3 is 0 Å². The van der Waals surface area contributed by atoms with Crippen LogP contribution in [0.4, 0.5) is 11.5 Å². The molecule has 1 aromatic carbocycles. The summed E-state index contributed by atoms with van der Waals surface area (Å²) in [5.74, 6) is 1.69. The van der Waals surface area contributed by atoms with Crippen molar-refractivity contribution in [2.45, 2.75) is 13.5 Å². The van der Waals surface area contributed by atoms with Crippen LogP contribution >= 0.6 is 0 Å². The van der Waals surface area contributed by atoms with Crippen LogP contribution in [0.2, 0.25) is 0 Å². The molecule has 0 saturated carbocycles. The maximum atomic E-state index is 12.7. The molecule has 1 fully saturated rings. The van der Waals surface area contributed by atoms with Crippen LogP contribution in [-0.2, 0) is 11.3 Å². The van der Waals surface area contributed by atoms with Crippen LogP contribution in [-0.4, -0.2) is 58.2 Å². The highest BCUT2D eigenvalue weighted by molar-refractivity contribution is 5.96. The average molecular weight is 383 g/mol. The van der Waals surface area contributed by atoms with Gasteiger partial charge in [0.25, 0.3) is 0 Å². The van der Waals surface area contributed by atoms with Crippen molar-refractivity contribution in [3.8, 4) is 11.5 Å². The summed E-state index contributed by atoms with van der Waals surface area (Å²) in [6.07, 6.45) is 1.50. The van der Waals surface area contributed by atoms with Crippen molar-refractivity contribution >= 4 is 28.6 Å². The third-order valence-corrected chi connectivity index (χ3v) is 4.80. The molecule has 1 saturated heterocycles. The van der Waals surface area contributed by atoms with Crippen molar-refractivity contribution in [3.05, 3.63) is 24.5 Å². The predicted octanol–water partition coefficient (Wildman–Crippen LogP) is 1.33. The predicted molar refractivity (Wildman–Crippen MR) is 103 cm³/mol. The maximum absolute atomic E-state index is 12.7. The Hall–Kier alpha value is -3.43. The van der Waals surface area contributed by atoms with Gasteiger partial charge in [-0.1, -0.05) is 5.21 Å². The van der Waals surface area contributed by atoms with E-state index in [0.717, 1.165) is 0 Å². The number of rotatable bonds is 6. The Balaban J connectivity index is 1.46. The zero-order valence-corrected chi connectivity index (χ0v) is 15.9. The van der Waals surface area contributed by atoms with Crippen LogP contribution < -0.4 is 19.7 Å². The normalized spacial score (nSPS) is 14.0. The number of carbonyl (C=O) groups excluding carboxylic acids is 1. The molecule has 0 unspecified atom stereocenters. The molecule has 0 spiro atoms. The van der Waals surface area contributed by atoms with Crippen molar-refractivity contribution in [2.75, 3.05) is 37.5 Å². The van der Waals surface area contributed by atoms with Crippen molar-refractivity contribution in [3.63, 3.8) is 0 Å². The van der Waals surface area contributed by atoms with Crippen LogP contribution in [0.15, 0.2) is 24.5 Å². The molecule has 3 aromatic rings. The zero-order valence-electron chi connectivity index (χ0n) is 15.9. The van der Waals surface area contributed by atoms with E-state index in [-0.39, 0.29) is 11.8 Å². The van der Waals surface area contributed by atoms with Crippen LogP contribution in [0.5, 0.6) is 11.5 Å². The first kappa shape index (κ1) is 18.0. The number of hydrogen-bond donors (Lipinski definition) is 1. The minimum atomic E-state index is -0.165. The van der Waals surface area contributed by atoms with Crippen molar-refractivity contribution in [1.82, 2.24) is 25.0 Å². The summed E-state index contributed by atoms with van der Waals surface area (Å²) in [5.41, 5.74) is 1.93. The van der Waals surface area contributed by atoms with E-state index in [1.807, 2.05) is 11.8 Å². The highest BCUT2D eigenvalue weighted by atomic mass is 16.5. The summed E-state index contributed by atoms with van der Waals surface area (Å²) in [5, 5.41) is 11.2. The molecule has 1 aliphatic rings. The number of ether oxygens (including phenoxy) is 2. The molecule has 1 aliphatic heterocycles. The molecule has 2 aromatic heterocycles. The van der Waals surface area contributed by atoms with Gasteiger partial charge in [-0.25, -0.2) is 14.6 Å². The second-order valence-corrected chi connectivity index (χ2v) is 6.43. The standard InChI is InChI=1S/C18H21N7O3/c1-4-25-17-15(22-23-25)16(19-10-20-17)24-8-11(9-24)18(26)21-13-7-12(27-2)5-6-14(13)28-3/h5-7,10-11H,4,8-9H2,1-3H3,(H,21,26). The lowest BCUT2D eigenvalue weighted by atomic mass is 9.99. The van der Waals surface area contributed by atoms with Crippen molar-refractivity contribution in [1.29, 1.82) is 0 Å². The molecule has 10 nitrogen and oxygen atoms in total. The van der Waals surface area contributed by atoms with Crippen molar-refractivity contribution < 1.29 is 14.3 Å². The lowest BCUT2D eigenvalue weighted by Crippen LogP contribution is -2.52. The summed E-state index contributed by atoms with van der Waals surface area (Å²) < 4.78 is 12.3. The first-order valence-electron chi connectivity index (χ1n) is 8.96. The van der Waals surface area contributed by atoms with Crippen molar-refractivity contribution in [2.24, 2.45) is 5.92 Å². The second-order valence-electron chi connectivity index (χ2n) is 6.43. The van der Waals surface area contributed by atoms with Gasteiger partial charge in [-0.3, -0.25) is 4.79 Å². The molecule has 1 N–H and O–H groups in total. The van der Waals surface area contributed by atoms with E-state index in [0.29, 0.717) is 53.8 Å². The van der Waals surface area contributed by atoms with Gasteiger partial charge in [0.1, 0.15) is 17.8 Å². The first-order chi connectivity index (χ1) is 13.6. The first-order valence-corrected chi connectivity index (χ1v) is 8.96. The number of hydrogen-bond acceptors (Lipinski definition) is 8. The molecule has 4 rings (SSSR count). The molecule has 28 heavy (non-hydrogen) atoms. The van der Waals surface area contributed by atoms with E-state index in [4.69, 9.17) is 9.47 Å². The number of amides is 1. The van der Waals surface area contributed by atoms with Gasteiger partial charge < -0.3 is 19.7 Å². The Kier molecular flexibility index (Phi) is 4.68. The van der Waals surface area contributed by atoms with Gasteiger partial charge in [-0.2, -0.15) is 0 Å². The summed E-state index contributed by atoms with van der Waals surface area (Å²) in [6, 6.07) is 5.28. The minimum Gasteiger partial charge on any atom is -0.497 e. The van der Waals surface area contributed by atoms with Crippen LogP contribution in [0, 0.1) is 5.92 Å². The summed E-state index contributed by atoms with van der Waals surface area (Å²) in [7, 11) is 3.14. The number of methoxy groups -OCH3 is 2. The van der Waals surface area contributed by atoms with Crippen LogP contribution in [0.3, 0.4) is 0 Å². The summed E-state index contributed by atoms with van der Waals surface area (Å²) in [6.45, 7) is 3.75. The van der Waals surface area contributed by atoms with E-state index < -0.39 is 0 Å². The Labute approximate surface area is 161 Å². The van der Waals surface area contributed by atoms with E-state index in [2.05, 4.69) is 25.6 Å². The summed E-state index contributed by atoms with van der Waals surface area (Å²) >= 11 is 0. The molecule has 0 bridgehead atoms. The van der Waals surface area contributed by atoms with Gasteiger partial charge in [0.05, 0.1) is 25.8 Å². The van der Waals surface area contributed by atoms with Gasteiger partial charge in [0, 0.05) is 25.7 Å². The number of fused-ring (bicyclic) bond motifs is 1. The second kappa shape index (κ2) is 7.29. The largest absolute Gasteiger partial charge is 0.497 e. The Morgan fingerprint density at radius 3 is 2.79 bits per heavy atom. The summed E-state index contributed by atoms with van der Waals surface area (Å²) in [4.78, 5) is 23.2. The fourth-order valence-electron chi connectivity index (χ4n) is 3.19. The SMILES string of the molecule is CCn1nnc2c(N3CC(C(=O)Nc4cc(OC)ccc4OC)C3)ncnc21. The molecule has 10 heteroatoms. The number of nitrogens with zero attached hydrogens (tertiary/aromatic N) is 6. The molecular weight excluding hydrogens is 362 g/mol. The third kappa shape index (κ3) is 3.06. The molecule has 0 aliphatic carbocycles. The van der Waals surface area contributed by atoms with Gasteiger partial charge in [-0.15, -0.1) is 5.10 Å². The molecular formula is C18H21N7O3. The zero-order chi connectivity index (χ0) is 19.7. The molecule has 3 heterocycles. The fourth-order valence-corrected chi connectivity index (χ4v) is 3.19. The number of benzene rings is 1. The van der Waals surface area contributed by atoms with Crippen LogP contribution in [0.1, 0.15) is 6.92 Å².